The minimum atomic E-state index is -0.422. The molecule has 0 aliphatic rings. The van der Waals surface area contributed by atoms with Crippen LogP contribution >= 0.6 is 11.3 Å². The Morgan fingerprint density at radius 2 is 2.05 bits per heavy atom. The van der Waals surface area contributed by atoms with Crippen LogP contribution < -0.4 is 5.73 Å². The summed E-state index contributed by atoms with van der Waals surface area (Å²) in [7, 11) is 0. The lowest BCUT2D eigenvalue weighted by atomic mass is 10.2. The molecule has 2 N–H and O–H groups in total. The standard InChI is InChI=1S/C16H17N3O2S/c17-14(20)8-10-19(12-13-4-2-1-3-5-13)16(21)7-6-15-18-9-11-22-15/h1-7,9,11H,8,10,12H2,(H2,17,20). The van der Waals surface area contributed by atoms with Crippen molar-refractivity contribution in [3.05, 3.63) is 58.6 Å². The van der Waals surface area contributed by atoms with Gasteiger partial charge in [0.15, 0.2) is 0 Å². The summed E-state index contributed by atoms with van der Waals surface area (Å²) >= 11 is 1.46. The van der Waals surface area contributed by atoms with Gasteiger partial charge >= 0.3 is 0 Å². The van der Waals surface area contributed by atoms with Crippen molar-refractivity contribution in [3.8, 4) is 0 Å². The van der Waals surface area contributed by atoms with Gasteiger partial charge in [-0.2, -0.15) is 0 Å². The Bertz CT molecular complexity index is 639. The van der Waals surface area contributed by atoms with E-state index in [0.29, 0.717) is 13.1 Å². The summed E-state index contributed by atoms with van der Waals surface area (Å²) in [6.07, 6.45) is 4.98. The summed E-state index contributed by atoms with van der Waals surface area (Å²) < 4.78 is 0. The molecule has 0 aliphatic carbocycles. The molecular formula is C16H17N3O2S. The fourth-order valence-electron chi connectivity index (χ4n) is 1.88. The molecule has 2 amide bonds. The van der Waals surface area contributed by atoms with Gasteiger partial charge in [0, 0.05) is 37.2 Å². The molecule has 2 rings (SSSR count). The Labute approximate surface area is 133 Å². The molecule has 6 heteroatoms. The molecule has 1 aromatic heterocycles. The second kappa shape index (κ2) is 8.09. The van der Waals surface area contributed by atoms with E-state index in [9.17, 15) is 9.59 Å². The highest BCUT2D eigenvalue weighted by molar-refractivity contribution is 7.10. The van der Waals surface area contributed by atoms with Crippen molar-refractivity contribution >= 4 is 29.2 Å². The number of thiazole rings is 1. The smallest absolute Gasteiger partial charge is 0.246 e. The normalized spacial score (nSPS) is 10.7. The summed E-state index contributed by atoms with van der Waals surface area (Å²) in [6.45, 7) is 0.737. The van der Waals surface area contributed by atoms with E-state index in [1.54, 1.807) is 17.2 Å². The van der Waals surface area contributed by atoms with E-state index >= 15 is 0 Å². The number of nitrogens with zero attached hydrogens (tertiary/aromatic N) is 2. The molecule has 0 fully saturated rings. The molecule has 22 heavy (non-hydrogen) atoms. The van der Waals surface area contributed by atoms with Gasteiger partial charge in [0.25, 0.3) is 0 Å². The van der Waals surface area contributed by atoms with Crippen LogP contribution in [0, 0.1) is 0 Å². The van der Waals surface area contributed by atoms with Gasteiger partial charge < -0.3 is 10.6 Å². The first-order valence-corrected chi connectivity index (χ1v) is 7.72. The van der Waals surface area contributed by atoms with Crippen molar-refractivity contribution in [1.82, 2.24) is 9.88 Å². The maximum Gasteiger partial charge on any atom is 0.246 e. The van der Waals surface area contributed by atoms with Gasteiger partial charge in [-0.05, 0) is 11.6 Å². The van der Waals surface area contributed by atoms with Crippen molar-refractivity contribution in [1.29, 1.82) is 0 Å². The van der Waals surface area contributed by atoms with E-state index < -0.39 is 5.91 Å². The molecule has 0 unspecified atom stereocenters. The van der Waals surface area contributed by atoms with Gasteiger partial charge in [-0.1, -0.05) is 30.3 Å². The fourth-order valence-corrected chi connectivity index (χ4v) is 2.41. The van der Waals surface area contributed by atoms with Crippen LogP contribution in [0.1, 0.15) is 17.0 Å². The molecule has 2 aromatic rings. The maximum atomic E-state index is 12.3. The number of carbonyl (C=O) groups is 2. The van der Waals surface area contributed by atoms with E-state index in [4.69, 9.17) is 5.73 Å². The first kappa shape index (κ1) is 15.9. The van der Waals surface area contributed by atoms with E-state index in [0.717, 1.165) is 10.6 Å². The van der Waals surface area contributed by atoms with Crippen molar-refractivity contribution < 1.29 is 9.59 Å². The number of carbonyl (C=O) groups excluding carboxylic acids is 2. The summed E-state index contributed by atoms with van der Waals surface area (Å²) in [5, 5.41) is 2.61. The van der Waals surface area contributed by atoms with Gasteiger partial charge in [0.05, 0.1) is 0 Å². The van der Waals surface area contributed by atoms with E-state index in [2.05, 4.69) is 4.98 Å². The lowest BCUT2D eigenvalue weighted by Gasteiger charge is -2.20. The van der Waals surface area contributed by atoms with E-state index in [-0.39, 0.29) is 12.3 Å². The molecule has 0 spiro atoms. The molecule has 1 heterocycles. The Morgan fingerprint density at radius 1 is 1.27 bits per heavy atom. The van der Waals surface area contributed by atoms with Gasteiger partial charge in [-0.3, -0.25) is 9.59 Å². The molecule has 1 aromatic carbocycles. The Kier molecular flexibility index (Phi) is 5.85. The largest absolute Gasteiger partial charge is 0.370 e. The van der Waals surface area contributed by atoms with Crippen molar-refractivity contribution in [2.24, 2.45) is 5.73 Å². The van der Waals surface area contributed by atoms with E-state index in [1.807, 2.05) is 35.7 Å². The number of hydrogen-bond acceptors (Lipinski definition) is 4. The first-order chi connectivity index (χ1) is 10.6. The van der Waals surface area contributed by atoms with Gasteiger partial charge in [-0.25, -0.2) is 4.98 Å². The van der Waals surface area contributed by atoms with Crippen LogP contribution in [0.5, 0.6) is 0 Å². The van der Waals surface area contributed by atoms with Gasteiger partial charge in [0.1, 0.15) is 5.01 Å². The third-order valence-corrected chi connectivity index (χ3v) is 3.72. The van der Waals surface area contributed by atoms with Crippen LogP contribution in [0.4, 0.5) is 0 Å². The first-order valence-electron chi connectivity index (χ1n) is 6.84. The Balaban J connectivity index is 2.05. The molecule has 0 radical (unpaired) electrons. The number of nitrogens with two attached hydrogens (primary N) is 1. The summed E-state index contributed by atoms with van der Waals surface area (Å²) in [6, 6.07) is 9.63. The van der Waals surface area contributed by atoms with Crippen LogP contribution in [0.25, 0.3) is 6.08 Å². The minimum Gasteiger partial charge on any atom is -0.370 e. The fraction of sp³-hybridized carbons (Fsp3) is 0.188. The van der Waals surface area contributed by atoms with Crippen LogP contribution in [0.15, 0.2) is 48.0 Å². The number of benzene rings is 1. The van der Waals surface area contributed by atoms with Gasteiger partial charge in [0.2, 0.25) is 11.8 Å². The SMILES string of the molecule is NC(=O)CCN(Cc1ccccc1)C(=O)C=Cc1nccs1. The topological polar surface area (TPSA) is 76.3 Å². The average Bonchev–Trinajstić information content (AvgIpc) is 3.03. The summed E-state index contributed by atoms with van der Waals surface area (Å²) in [5.74, 6) is -0.588. The predicted molar refractivity (Wildman–Crippen MR) is 86.8 cm³/mol. The zero-order valence-electron chi connectivity index (χ0n) is 12.0. The third-order valence-electron chi connectivity index (χ3n) is 2.98. The molecule has 0 bridgehead atoms. The number of amides is 2. The molecule has 5 nitrogen and oxygen atoms in total. The second-order valence-corrected chi connectivity index (χ2v) is 5.59. The van der Waals surface area contributed by atoms with Crippen molar-refractivity contribution in [2.45, 2.75) is 13.0 Å². The molecule has 114 valence electrons. The highest BCUT2D eigenvalue weighted by atomic mass is 32.1. The van der Waals surface area contributed by atoms with Crippen molar-refractivity contribution in [2.75, 3.05) is 6.54 Å². The monoisotopic (exact) mass is 315 g/mol. The number of rotatable bonds is 7. The minimum absolute atomic E-state index is 0.143. The van der Waals surface area contributed by atoms with Crippen LogP contribution in [-0.4, -0.2) is 28.2 Å². The van der Waals surface area contributed by atoms with Gasteiger partial charge in [-0.15, -0.1) is 11.3 Å². The Morgan fingerprint density at radius 3 is 2.68 bits per heavy atom. The molecule has 0 aliphatic heterocycles. The lowest BCUT2D eigenvalue weighted by molar-refractivity contribution is -0.127. The number of primary amides is 1. The highest BCUT2D eigenvalue weighted by Gasteiger charge is 2.12. The zero-order chi connectivity index (χ0) is 15.8. The number of aromatic nitrogens is 1. The van der Waals surface area contributed by atoms with Crippen LogP contribution in [-0.2, 0) is 16.1 Å². The zero-order valence-corrected chi connectivity index (χ0v) is 12.8. The third kappa shape index (κ3) is 5.14. The average molecular weight is 315 g/mol. The molecular weight excluding hydrogens is 298 g/mol. The molecule has 0 saturated carbocycles. The molecule has 0 atom stereocenters. The highest BCUT2D eigenvalue weighted by Crippen LogP contribution is 2.09. The second-order valence-electron chi connectivity index (χ2n) is 4.67. The predicted octanol–water partition coefficient (Wildman–Crippen LogP) is 2.06. The maximum absolute atomic E-state index is 12.3. The Hall–Kier alpha value is -2.47. The lowest BCUT2D eigenvalue weighted by Crippen LogP contribution is -2.32. The van der Waals surface area contributed by atoms with E-state index in [1.165, 1.54) is 17.4 Å². The summed E-state index contributed by atoms with van der Waals surface area (Å²) in [5.41, 5.74) is 6.18. The quantitative estimate of drug-likeness (QED) is 0.795. The van der Waals surface area contributed by atoms with Crippen LogP contribution in [0.2, 0.25) is 0 Å². The molecule has 0 saturated heterocycles. The number of hydrogen-bond donors (Lipinski definition) is 1. The summed E-state index contributed by atoms with van der Waals surface area (Å²) in [4.78, 5) is 29.0. The van der Waals surface area contributed by atoms with Crippen LogP contribution in [0.3, 0.4) is 0 Å². The van der Waals surface area contributed by atoms with Crippen molar-refractivity contribution in [3.63, 3.8) is 0 Å².